The molecule has 0 amide bonds. The van der Waals surface area contributed by atoms with Crippen LogP contribution in [0, 0.1) is 10.1 Å². The minimum absolute atomic E-state index is 0.000504. The lowest BCUT2D eigenvalue weighted by molar-refractivity contribution is -0.384. The van der Waals surface area contributed by atoms with Crippen LogP contribution in [0.1, 0.15) is 23.7 Å². The van der Waals surface area contributed by atoms with Gasteiger partial charge in [0.05, 0.1) is 33.0 Å². The molecule has 33 heavy (non-hydrogen) atoms. The van der Waals surface area contributed by atoms with E-state index in [2.05, 4.69) is 15.2 Å². The normalized spacial score (nSPS) is 11.1. The standard InChI is InChI=1S/C23H18N4O5S/c1-2-13-31-18-8-3-15(4-9-18)22(28)32-19-10-5-16(6-11-19)25-26-23-24-20-12-7-17(27(29)30)14-21(20)33-23/h3-12,14H,2,13H2,1H3. The Morgan fingerprint density at radius 1 is 1.03 bits per heavy atom. The molecule has 166 valence electrons. The van der Waals surface area contributed by atoms with Crippen LogP contribution in [0.4, 0.5) is 16.5 Å². The van der Waals surface area contributed by atoms with Crippen molar-refractivity contribution < 1.29 is 19.2 Å². The first-order valence-corrected chi connectivity index (χ1v) is 10.9. The Labute approximate surface area is 192 Å². The highest BCUT2D eigenvalue weighted by Gasteiger charge is 2.11. The Morgan fingerprint density at radius 3 is 2.45 bits per heavy atom. The summed E-state index contributed by atoms with van der Waals surface area (Å²) in [7, 11) is 0. The third-order valence-corrected chi connectivity index (χ3v) is 5.34. The number of nitro benzene ring substituents is 1. The maximum Gasteiger partial charge on any atom is 0.343 e. The number of azo groups is 1. The van der Waals surface area contributed by atoms with Gasteiger partial charge in [0.1, 0.15) is 11.5 Å². The highest BCUT2D eigenvalue weighted by atomic mass is 32.1. The molecular formula is C23H18N4O5S. The summed E-state index contributed by atoms with van der Waals surface area (Å²) in [5, 5.41) is 19.5. The minimum atomic E-state index is -0.477. The molecule has 1 aromatic heterocycles. The van der Waals surface area contributed by atoms with Crippen LogP contribution in [0.2, 0.25) is 0 Å². The van der Waals surface area contributed by atoms with Crippen molar-refractivity contribution in [1.82, 2.24) is 4.98 Å². The number of hydrogen-bond acceptors (Lipinski definition) is 9. The number of thiazole rings is 1. The summed E-state index contributed by atoms with van der Waals surface area (Å²) in [5.74, 6) is 0.599. The number of ether oxygens (including phenoxy) is 2. The third-order valence-electron chi connectivity index (χ3n) is 4.43. The molecule has 10 heteroatoms. The van der Waals surface area contributed by atoms with Crippen LogP contribution in [0.3, 0.4) is 0 Å². The molecule has 4 rings (SSSR count). The molecule has 0 aliphatic rings. The van der Waals surface area contributed by atoms with Crippen LogP contribution in [-0.4, -0.2) is 22.5 Å². The topological polar surface area (TPSA) is 116 Å². The highest BCUT2D eigenvalue weighted by molar-refractivity contribution is 7.21. The van der Waals surface area contributed by atoms with E-state index in [1.807, 2.05) is 6.92 Å². The van der Waals surface area contributed by atoms with Gasteiger partial charge in [-0.15, -0.1) is 10.2 Å². The number of rotatable bonds is 8. The van der Waals surface area contributed by atoms with E-state index in [0.717, 1.165) is 6.42 Å². The van der Waals surface area contributed by atoms with Crippen molar-refractivity contribution >= 4 is 44.0 Å². The number of carbonyl (C=O) groups is 1. The van der Waals surface area contributed by atoms with E-state index < -0.39 is 10.9 Å². The summed E-state index contributed by atoms with van der Waals surface area (Å²) < 4.78 is 11.6. The van der Waals surface area contributed by atoms with Crippen LogP contribution in [-0.2, 0) is 0 Å². The van der Waals surface area contributed by atoms with E-state index in [1.54, 1.807) is 54.6 Å². The van der Waals surface area contributed by atoms with Crippen molar-refractivity contribution in [3.63, 3.8) is 0 Å². The number of nitro groups is 1. The molecule has 0 aliphatic heterocycles. The van der Waals surface area contributed by atoms with Crippen LogP contribution in [0.25, 0.3) is 10.2 Å². The number of benzene rings is 3. The maximum absolute atomic E-state index is 12.3. The second-order valence-electron chi connectivity index (χ2n) is 6.86. The van der Waals surface area contributed by atoms with E-state index in [0.29, 0.717) is 44.7 Å². The van der Waals surface area contributed by atoms with Gasteiger partial charge in [0, 0.05) is 12.1 Å². The summed E-state index contributed by atoms with van der Waals surface area (Å²) in [6, 6.07) is 17.8. The number of fused-ring (bicyclic) bond motifs is 1. The average Bonchev–Trinajstić information content (AvgIpc) is 3.25. The van der Waals surface area contributed by atoms with Crippen LogP contribution >= 0.6 is 11.3 Å². The molecule has 0 atom stereocenters. The van der Waals surface area contributed by atoms with E-state index >= 15 is 0 Å². The Kier molecular flexibility index (Phi) is 6.65. The van der Waals surface area contributed by atoms with E-state index in [-0.39, 0.29) is 5.69 Å². The molecule has 0 saturated carbocycles. The first-order valence-electron chi connectivity index (χ1n) is 10.0. The quantitative estimate of drug-likeness (QED) is 0.0954. The summed E-state index contributed by atoms with van der Waals surface area (Å²) in [6.07, 6.45) is 0.907. The molecule has 0 spiro atoms. The van der Waals surface area contributed by atoms with Crippen molar-refractivity contribution in [3.05, 3.63) is 82.4 Å². The summed E-state index contributed by atoms with van der Waals surface area (Å²) >= 11 is 1.21. The Morgan fingerprint density at radius 2 is 1.76 bits per heavy atom. The highest BCUT2D eigenvalue weighted by Crippen LogP contribution is 2.32. The van der Waals surface area contributed by atoms with Crippen LogP contribution in [0.5, 0.6) is 11.5 Å². The molecule has 3 aromatic carbocycles. The van der Waals surface area contributed by atoms with E-state index in [9.17, 15) is 14.9 Å². The summed E-state index contributed by atoms with van der Waals surface area (Å²) in [4.78, 5) is 27.1. The SMILES string of the molecule is CCCOc1ccc(C(=O)Oc2ccc(N=Nc3nc4ccc([N+](=O)[O-])cc4s3)cc2)cc1. The molecule has 9 nitrogen and oxygen atoms in total. The van der Waals surface area contributed by atoms with E-state index in [1.165, 1.54) is 23.5 Å². The van der Waals surface area contributed by atoms with Crippen molar-refractivity contribution in [2.24, 2.45) is 10.2 Å². The minimum Gasteiger partial charge on any atom is -0.494 e. The lowest BCUT2D eigenvalue weighted by Gasteiger charge is -2.06. The Balaban J connectivity index is 1.38. The van der Waals surface area contributed by atoms with Crippen molar-refractivity contribution in [1.29, 1.82) is 0 Å². The largest absolute Gasteiger partial charge is 0.494 e. The zero-order chi connectivity index (χ0) is 23.2. The first-order chi connectivity index (χ1) is 16.0. The maximum atomic E-state index is 12.3. The molecule has 0 aliphatic carbocycles. The monoisotopic (exact) mass is 462 g/mol. The second-order valence-corrected chi connectivity index (χ2v) is 7.87. The Hall–Kier alpha value is -4.18. The smallest absolute Gasteiger partial charge is 0.343 e. The molecule has 0 saturated heterocycles. The number of aromatic nitrogens is 1. The lowest BCUT2D eigenvalue weighted by atomic mass is 10.2. The van der Waals surface area contributed by atoms with Crippen molar-refractivity contribution in [2.75, 3.05) is 6.61 Å². The van der Waals surface area contributed by atoms with Gasteiger partial charge in [0.2, 0.25) is 5.13 Å². The molecule has 0 N–H and O–H groups in total. The van der Waals surface area contributed by atoms with Gasteiger partial charge >= 0.3 is 5.97 Å². The van der Waals surface area contributed by atoms with Gasteiger partial charge < -0.3 is 9.47 Å². The Bertz CT molecular complexity index is 1320. The fraction of sp³-hybridized carbons (Fsp3) is 0.130. The van der Waals surface area contributed by atoms with Gasteiger partial charge in [0.15, 0.2) is 0 Å². The summed E-state index contributed by atoms with van der Waals surface area (Å²) in [5.41, 5.74) is 1.57. The fourth-order valence-corrected chi connectivity index (χ4v) is 3.63. The summed E-state index contributed by atoms with van der Waals surface area (Å²) in [6.45, 7) is 2.64. The molecule has 0 unspecified atom stereocenters. The van der Waals surface area contributed by atoms with Gasteiger partial charge in [-0.05, 0) is 61.0 Å². The van der Waals surface area contributed by atoms with Crippen LogP contribution in [0.15, 0.2) is 77.0 Å². The van der Waals surface area contributed by atoms with Gasteiger partial charge in [-0.25, -0.2) is 9.78 Å². The zero-order valence-electron chi connectivity index (χ0n) is 17.5. The average molecular weight is 462 g/mol. The molecule has 0 fully saturated rings. The molecule has 4 aromatic rings. The van der Waals surface area contributed by atoms with Crippen molar-refractivity contribution in [2.45, 2.75) is 13.3 Å². The third kappa shape index (κ3) is 5.55. The number of hydrogen-bond donors (Lipinski definition) is 0. The first kappa shape index (κ1) is 22.0. The van der Waals surface area contributed by atoms with Gasteiger partial charge in [0.25, 0.3) is 5.69 Å². The fourth-order valence-electron chi connectivity index (χ4n) is 2.81. The molecular weight excluding hydrogens is 444 g/mol. The number of non-ortho nitro benzene ring substituents is 1. The van der Waals surface area contributed by atoms with Gasteiger partial charge in [-0.1, -0.05) is 18.3 Å². The number of nitrogens with zero attached hydrogens (tertiary/aromatic N) is 4. The predicted molar refractivity (Wildman–Crippen MR) is 124 cm³/mol. The predicted octanol–water partition coefficient (Wildman–Crippen LogP) is 6.63. The molecule has 0 radical (unpaired) electrons. The second kappa shape index (κ2) is 9.96. The van der Waals surface area contributed by atoms with Crippen LogP contribution < -0.4 is 9.47 Å². The molecule has 1 heterocycles. The number of carbonyl (C=O) groups excluding carboxylic acids is 1. The molecule has 0 bridgehead atoms. The van der Waals surface area contributed by atoms with Gasteiger partial charge in [-0.3, -0.25) is 10.1 Å². The van der Waals surface area contributed by atoms with E-state index in [4.69, 9.17) is 9.47 Å². The van der Waals surface area contributed by atoms with Gasteiger partial charge in [-0.2, -0.15) is 0 Å². The van der Waals surface area contributed by atoms with Crippen molar-refractivity contribution in [3.8, 4) is 11.5 Å². The number of esters is 1. The zero-order valence-corrected chi connectivity index (χ0v) is 18.3. The lowest BCUT2D eigenvalue weighted by Crippen LogP contribution is -2.08.